The molecule has 0 aliphatic rings. The molecule has 0 bridgehead atoms. The van der Waals surface area contributed by atoms with Crippen LogP contribution in [0.4, 0.5) is 0 Å². The molecular weight excluding hydrogens is 272 g/mol. The number of rotatable bonds is 0. The van der Waals surface area contributed by atoms with Crippen molar-refractivity contribution in [3.05, 3.63) is 0 Å². The second-order valence-electron chi connectivity index (χ2n) is 0. The standard InChI is InChI=1S/Gd.4O.V/q+3;4*-2;+5. The molecular formula is GdO4V. The molecule has 0 aliphatic heterocycles. The zero-order valence-electron chi connectivity index (χ0n) is 2.43. The molecule has 37 valence electrons. The Balaban J connectivity index is 0. The van der Waals surface area contributed by atoms with E-state index < -0.39 is 0 Å². The zero-order chi connectivity index (χ0) is 0. The Morgan fingerprint density at radius 2 is 0.500 bits per heavy atom. The van der Waals surface area contributed by atoms with Gasteiger partial charge in [0.25, 0.3) is 0 Å². The maximum Gasteiger partial charge on any atom is 5.00 e. The first-order valence-corrected chi connectivity index (χ1v) is 0. The molecule has 0 N–H and O–H groups in total. The number of hydrogen-bond acceptors (Lipinski definition) is 0. The van der Waals surface area contributed by atoms with Crippen LogP contribution in [0, 0.1) is 39.9 Å². The van der Waals surface area contributed by atoms with Crippen LogP contribution >= 0.6 is 0 Å². The molecule has 0 atom stereocenters. The molecule has 0 amide bonds. The Labute approximate surface area is 79.5 Å². The summed E-state index contributed by atoms with van der Waals surface area (Å²) in [6.45, 7) is 0. The Kier molecular flexibility index (Phi) is 1400. The van der Waals surface area contributed by atoms with E-state index in [0.717, 1.165) is 0 Å². The van der Waals surface area contributed by atoms with Crippen molar-refractivity contribution < 1.29 is 80.4 Å². The number of hydrogen-bond donors (Lipinski definition) is 0. The van der Waals surface area contributed by atoms with Crippen molar-refractivity contribution in [3.63, 3.8) is 0 Å². The molecule has 0 unspecified atom stereocenters. The van der Waals surface area contributed by atoms with E-state index in [-0.39, 0.29) is 80.4 Å². The molecule has 0 heterocycles. The molecule has 0 aromatic carbocycles. The van der Waals surface area contributed by atoms with E-state index in [2.05, 4.69) is 0 Å². The van der Waals surface area contributed by atoms with Gasteiger partial charge in [-0.1, -0.05) is 0 Å². The molecule has 0 aliphatic carbocycles. The first kappa shape index (κ1) is 115. The topological polar surface area (TPSA) is 114 Å². The first-order chi connectivity index (χ1) is 0. The second kappa shape index (κ2) is 72.9. The van der Waals surface area contributed by atoms with E-state index in [1.54, 1.807) is 0 Å². The minimum absolute atomic E-state index is 0. The van der Waals surface area contributed by atoms with Crippen molar-refractivity contribution in [2.24, 2.45) is 0 Å². The first-order valence-electron chi connectivity index (χ1n) is 0. The third kappa shape index (κ3) is 42.4. The van der Waals surface area contributed by atoms with Gasteiger partial charge in [0.1, 0.15) is 0 Å². The minimum Gasteiger partial charge on any atom is -2.00 e. The van der Waals surface area contributed by atoms with E-state index in [4.69, 9.17) is 0 Å². The van der Waals surface area contributed by atoms with Gasteiger partial charge in [0.2, 0.25) is 0 Å². The van der Waals surface area contributed by atoms with Crippen LogP contribution < -0.4 is 0 Å². The molecule has 6 heteroatoms. The summed E-state index contributed by atoms with van der Waals surface area (Å²) < 4.78 is 0. The Morgan fingerprint density at radius 3 is 0.500 bits per heavy atom. The van der Waals surface area contributed by atoms with Crippen molar-refractivity contribution in [2.45, 2.75) is 0 Å². The van der Waals surface area contributed by atoms with Crippen molar-refractivity contribution in [1.82, 2.24) is 0 Å². The average molecular weight is 272 g/mol. The van der Waals surface area contributed by atoms with Crippen molar-refractivity contribution in [2.75, 3.05) is 0 Å². The van der Waals surface area contributed by atoms with Gasteiger partial charge in [-0.25, -0.2) is 0 Å². The SMILES string of the molecule is [Gd+3].[O-2].[O-2].[O-2].[O-2].[V+5]. The largest absolute Gasteiger partial charge is 5.00 e. The third-order valence-electron chi connectivity index (χ3n) is 0. The van der Waals surface area contributed by atoms with Gasteiger partial charge in [0.15, 0.2) is 0 Å². The zero-order valence-corrected chi connectivity index (χ0v) is 6.10. The normalized spacial score (nSPS) is 0. The van der Waals surface area contributed by atoms with Crippen LogP contribution in [-0.4, -0.2) is 0 Å². The van der Waals surface area contributed by atoms with Crippen LogP contribution in [0.1, 0.15) is 0 Å². The fourth-order valence-corrected chi connectivity index (χ4v) is 0. The quantitative estimate of drug-likeness (QED) is 0.567. The molecule has 1 radical (unpaired) electrons. The predicted molar refractivity (Wildman–Crippen MR) is 2.75 cm³/mol. The van der Waals surface area contributed by atoms with E-state index >= 15 is 0 Å². The summed E-state index contributed by atoms with van der Waals surface area (Å²) in [5.74, 6) is 0. The van der Waals surface area contributed by atoms with E-state index in [1.165, 1.54) is 0 Å². The van der Waals surface area contributed by atoms with E-state index in [1.807, 2.05) is 0 Å². The molecule has 0 spiro atoms. The van der Waals surface area contributed by atoms with Gasteiger partial charge in [-0.3, -0.25) is 0 Å². The van der Waals surface area contributed by atoms with Crippen LogP contribution in [0.25, 0.3) is 0 Å². The molecule has 0 fully saturated rings. The van der Waals surface area contributed by atoms with Crippen LogP contribution in [0.15, 0.2) is 0 Å². The maximum atomic E-state index is 0. The second-order valence-corrected chi connectivity index (χ2v) is 0. The molecule has 4 nitrogen and oxygen atoms in total. The van der Waals surface area contributed by atoms with Gasteiger partial charge >= 0.3 is 58.5 Å². The molecule has 0 aromatic heterocycles. The average Bonchev–Trinajstić information content (AvgIpc) is 0. The predicted octanol–water partition coefficient (Wildman–Crippen LogP) is -0.478. The van der Waals surface area contributed by atoms with Crippen molar-refractivity contribution in [1.29, 1.82) is 0 Å². The fourth-order valence-electron chi connectivity index (χ4n) is 0. The Morgan fingerprint density at radius 1 is 0.500 bits per heavy atom. The van der Waals surface area contributed by atoms with Crippen molar-refractivity contribution >= 4 is 0 Å². The van der Waals surface area contributed by atoms with E-state index in [0.29, 0.717) is 0 Å². The third-order valence-corrected chi connectivity index (χ3v) is 0. The van der Waals surface area contributed by atoms with Crippen LogP contribution in [0.3, 0.4) is 0 Å². The maximum absolute atomic E-state index is 0. The monoisotopic (exact) mass is 273 g/mol. The van der Waals surface area contributed by atoms with Gasteiger partial charge in [0.05, 0.1) is 0 Å². The molecule has 0 saturated carbocycles. The smallest absolute Gasteiger partial charge is 2.00 e. The molecule has 0 saturated heterocycles. The summed E-state index contributed by atoms with van der Waals surface area (Å²) in [5.41, 5.74) is 0. The summed E-state index contributed by atoms with van der Waals surface area (Å²) in [5, 5.41) is 0. The van der Waals surface area contributed by atoms with Gasteiger partial charge in [-0.05, 0) is 0 Å². The summed E-state index contributed by atoms with van der Waals surface area (Å²) in [6.07, 6.45) is 0. The fraction of sp³-hybridized carbons (Fsp3) is 0. The van der Waals surface area contributed by atoms with Gasteiger partial charge in [0, 0.05) is 0 Å². The van der Waals surface area contributed by atoms with Crippen LogP contribution in [-0.2, 0) is 40.5 Å². The molecule has 0 rings (SSSR count). The summed E-state index contributed by atoms with van der Waals surface area (Å²) in [4.78, 5) is 0. The Bertz CT molecular complexity index is 7.51. The minimum atomic E-state index is 0. The summed E-state index contributed by atoms with van der Waals surface area (Å²) in [7, 11) is 0. The van der Waals surface area contributed by atoms with E-state index in [9.17, 15) is 0 Å². The Hall–Kier alpha value is 1.75. The van der Waals surface area contributed by atoms with Crippen LogP contribution in [0.2, 0.25) is 0 Å². The molecule has 6 heavy (non-hydrogen) atoms. The van der Waals surface area contributed by atoms with Crippen molar-refractivity contribution in [3.8, 4) is 0 Å². The molecule has 0 aromatic rings. The van der Waals surface area contributed by atoms with Crippen LogP contribution in [0.5, 0.6) is 0 Å². The van der Waals surface area contributed by atoms with Gasteiger partial charge in [-0.15, -0.1) is 0 Å². The van der Waals surface area contributed by atoms with Gasteiger partial charge < -0.3 is 21.9 Å². The summed E-state index contributed by atoms with van der Waals surface area (Å²) in [6, 6.07) is 0. The van der Waals surface area contributed by atoms with Gasteiger partial charge in [-0.2, -0.15) is 0 Å². The summed E-state index contributed by atoms with van der Waals surface area (Å²) >= 11 is 0.